The van der Waals surface area contributed by atoms with Crippen LogP contribution >= 0.6 is 23.4 Å². The molecule has 1 aliphatic rings. The molecule has 2 heterocycles. The van der Waals surface area contributed by atoms with Gasteiger partial charge < -0.3 is 19.4 Å². The number of aromatic nitrogens is 2. The summed E-state index contributed by atoms with van der Waals surface area (Å²) < 4.78 is 11.1. The minimum absolute atomic E-state index is 0.133. The lowest BCUT2D eigenvalue weighted by Crippen LogP contribution is -2.18. The lowest BCUT2D eigenvalue weighted by Gasteiger charge is -2.17. The Hall–Kier alpha value is -2.71. The van der Waals surface area contributed by atoms with E-state index in [0.29, 0.717) is 21.9 Å². The molecule has 0 radical (unpaired) electrons. The van der Waals surface area contributed by atoms with Gasteiger partial charge in [-0.1, -0.05) is 23.4 Å². The van der Waals surface area contributed by atoms with Crippen LogP contribution in [0.1, 0.15) is 18.7 Å². The second-order valence-corrected chi connectivity index (χ2v) is 8.15. The Balaban J connectivity index is 1.21. The van der Waals surface area contributed by atoms with Gasteiger partial charge in [-0.15, -0.1) is 10.2 Å². The van der Waals surface area contributed by atoms with Gasteiger partial charge in [-0.05, 0) is 61.4 Å². The number of halogens is 1. The van der Waals surface area contributed by atoms with Crippen molar-refractivity contribution in [3.05, 3.63) is 59.4 Å². The zero-order chi connectivity index (χ0) is 20.8. The first-order chi connectivity index (χ1) is 14.7. The van der Waals surface area contributed by atoms with Gasteiger partial charge in [0, 0.05) is 29.5 Å². The number of anilines is 2. The molecule has 0 bridgehead atoms. The second-order valence-electron chi connectivity index (χ2n) is 6.78. The van der Waals surface area contributed by atoms with Crippen molar-refractivity contribution < 1.29 is 13.9 Å². The summed E-state index contributed by atoms with van der Waals surface area (Å²) >= 11 is 7.03. The summed E-state index contributed by atoms with van der Waals surface area (Å²) in [5.74, 6) is 1.03. The van der Waals surface area contributed by atoms with Crippen molar-refractivity contribution in [3.63, 3.8) is 0 Å². The average molecular weight is 445 g/mol. The van der Waals surface area contributed by atoms with Gasteiger partial charge in [0.25, 0.3) is 11.1 Å². The third kappa shape index (κ3) is 5.67. The fourth-order valence-electron chi connectivity index (χ4n) is 3.09. The highest BCUT2D eigenvalue weighted by Crippen LogP contribution is 2.23. The van der Waals surface area contributed by atoms with E-state index in [9.17, 15) is 4.79 Å². The number of hydrogen-bond acceptors (Lipinski definition) is 7. The molecule has 1 N–H and O–H groups in total. The first-order valence-corrected chi connectivity index (χ1v) is 11.0. The number of nitrogens with one attached hydrogen (secondary N) is 1. The zero-order valence-electron chi connectivity index (χ0n) is 16.2. The number of thioether (sulfide) groups is 1. The van der Waals surface area contributed by atoms with Crippen LogP contribution in [0.3, 0.4) is 0 Å². The maximum Gasteiger partial charge on any atom is 0.277 e. The van der Waals surface area contributed by atoms with Crippen molar-refractivity contribution in [2.45, 2.75) is 24.7 Å². The van der Waals surface area contributed by atoms with Crippen LogP contribution in [-0.4, -0.2) is 34.9 Å². The summed E-state index contributed by atoms with van der Waals surface area (Å²) in [6.07, 6.45) is 2.47. The van der Waals surface area contributed by atoms with Crippen LogP contribution in [-0.2, 0) is 11.4 Å². The minimum Gasteiger partial charge on any atom is -0.484 e. The van der Waals surface area contributed by atoms with Gasteiger partial charge in [-0.2, -0.15) is 0 Å². The molecule has 2 aromatic carbocycles. The van der Waals surface area contributed by atoms with Crippen molar-refractivity contribution in [1.82, 2.24) is 10.2 Å². The van der Waals surface area contributed by atoms with Gasteiger partial charge in [0.2, 0.25) is 5.91 Å². The van der Waals surface area contributed by atoms with Crippen LogP contribution in [0.5, 0.6) is 5.75 Å². The lowest BCUT2D eigenvalue weighted by molar-refractivity contribution is -0.113. The number of carbonyl (C=O) groups is 1. The van der Waals surface area contributed by atoms with Crippen LogP contribution < -0.4 is 15.0 Å². The maximum atomic E-state index is 12.2. The van der Waals surface area contributed by atoms with E-state index in [4.69, 9.17) is 20.8 Å². The van der Waals surface area contributed by atoms with Crippen molar-refractivity contribution in [2.24, 2.45) is 0 Å². The number of ether oxygens (including phenoxy) is 1. The first kappa shape index (κ1) is 20.6. The van der Waals surface area contributed by atoms with Gasteiger partial charge in [0.05, 0.1) is 5.75 Å². The van der Waals surface area contributed by atoms with Gasteiger partial charge in [-0.3, -0.25) is 4.79 Å². The number of carbonyl (C=O) groups excluding carboxylic acids is 1. The molecule has 1 amide bonds. The summed E-state index contributed by atoms with van der Waals surface area (Å²) in [5, 5.41) is 11.7. The molecule has 1 saturated heterocycles. The molecule has 1 aliphatic heterocycles. The molecule has 7 nitrogen and oxygen atoms in total. The highest BCUT2D eigenvalue weighted by Gasteiger charge is 2.13. The molecule has 0 saturated carbocycles. The minimum atomic E-state index is -0.133. The summed E-state index contributed by atoms with van der Waals surface area (Å²) in [4.78, 5) is 14.6. The molecule has 4 rings (SSSR count). The molecule has 1 aromatic heterocycles. The van der Waals surface area contributed by atoms with Gasteiger partial charge in [0.15, 0.2) is 6.61 Å². The van der Waals surface area contributed by atoms with E-state index < -0.39 is 0 Å². The molecule has 0 aliphatic carbocycles. The van der Waals surface area contributed by atoms with Gasteiger partial charge in [0.1, 0.15) is 5.75 Å². The normalized spacial score (nSPS) is 13.4. The fraction of sp³-hybridized carbons (Fsp3) is 0.286. The first-order valence-electron chi connectivity index (χ1n) is 9.64. The van der Waals surface area contributed by atoms with Crippen molar-refractivity contribution in [2.75, 3.05) is 29.1 Å². The Morgan fingerprint density at radius 1 is 1.10 bits per heavy atom. The standard InChI is InChI=1S/C21H21ClN4O3S/c22-15-3-9-18(10-4-15)28-13-20-24-25-21(29-20)30-14-19(27)23-16-5-7-17(8-6-16)26-11-1-2-12-26/h3-10H,1-2,11-14H2,(H,23,27). The molecule has 0 unspecified atom stereocenters. The number of amides is 1. The third-order valence-electron chi connectivity index (χ3n) is 4.57. The maximum absolute atomic E-state index is 12.2. The smallest absolute Gasteiger partial charge is 0.277 e. The van der Waals surface area contributed by atoms with Crippen molar-refractivity contribution in [1.29, 1.82) is 0 Å². The van der Waals surface area contributed by atoms with Gasteiger partial charge in [-0.25, -0.2) is 0 Å². The summed E-state index contributed by atoms with van der Waals surface area (Å²) in [6, 6.07) is 14.9. The van der Waals surface area contributed by atoms with E-state index in [1.165, 1.54) is 30.3 Å². The average Bonchev–Trinajstić information content (AvgIpc) is 3.45. The predicted molar refractivity (Wildman–Crippen MR) is 117 cm³/mol. The Labute approximate surface area is 183 Å². The molecule has 0 atom stereocenters. The van der Waals surface area contributed by atoms with Crippen LogP contribution in [0, 0.1) is 0 Å². The Morgan fingerprint density at radius 3 is 2.57 bits per heavy atom. The molecule has 0 spiro atoms. The number of benzene rings is 2. The quantitative estimate of drug-likeness (QED) is 0.507. The van der Waals surface area contributed by atoms with E-state index >= 15 is 0 Å². The predicted octanol–water partition coefficient (Wildman–Crippen LogP) is 4.63. The number of rotatable bonds is 8. The van der Waals surface area contributed by atoms with Gasteiger partial charge >= 0.3 is 0 Å². The number of nitrogens with zero attached hydrogens (tertiary/aromatic N) is 3. The fourth-order valence-corrected chi connectivity index (χ4v) is 3.79. The Kier molecular flexibility index (Phi) is 6.76. The van der Waals surface area contributed by atoms with E-state index in [0.717, 1.165) is 18.8 Å². The Bertz CT molecular complexity index is 973. The molecule has 156 valence electrons. The molecular weight excluding hydrogens is 424 g/mol. The highest BCUT2D eigenvalue weighted by atomic mass is 35.5. The second kappa shape index (κ2) is 9.86. The Morgan fingerprint density at radius 2 is 1.83 bits per heavy atom. The molecule has 1 fully saturated rings. The SMILES string of the molecule is O=C(CSc1nnc(COc2ccc(Cl)cc2)o1)Nc1ccc(N2CCCC2)cc1. The lowest BCUT2D eigenvalue weighted by atomic mass is 10.2. The molecular formula is C21H21ClN4O3S. The topological polar surface area (TPSA) is 80.5 Å². The molecule has 9 heteroatoms. The van der Waals surface area contributed by atoms with Crippen molar-refractivity contribution in [3.8, 4) is 5.75 Å². The summed E-state index contributed by atoms with van der Waals surface area (Å²) in [7, 11) is 0. The zero-order valence-corrected chi connectivity index (χ0v) is 17.8. The van der Waals surface area contributed by atoms with E-state index in [1.54, 1.807) is 24.3 Å². The van der Waals surface area contributed by atoms with Crippen LogP contribution in [0.25, 0.3) is 0 Å². The van der Waals surface area contributed by atoms with E-state index in [1.807, 2.05) is 24.3 Å². The third-order valence-corrected chi connectivity index (χ3v) is 5.64. The monoisotopic (exact) mass is 444 g/mol. The molecule has 3 aromatic rings. The number of hydrogen-bond donors (Lipinski definition) is 1. The van der Waals surface area contributed by atoms with E-state index in [2.05, 4.69) is 20.4 Å². The van der Waals surface area contributed by atoms with Crippen molar-refractivity contribution >= 4 is 40.6 Å². The van der Waals surface area contributed by atoms with Crippen LogP contribution in [0.4, 0.5) is 11.4 Å². The van der Waals surface area contributed by atoms with E-state index in [-0.39, 0.29) is 18.3 Å². The molecule has 30 heavy (non-hydrogen) atoms. The summed E-state index contributed by atoms with van der Waals surface area (Å²) in [6.45, 7) is 2.34. The van der Waals surface area contributed by atoms with Crippen LogP contribution in [0.2, 0.25) is 5.02 Å². The van der Waals surface area contributed by atoms with Crippen LogP contribution in [0.15, 0.2) is 58.2 Å². The summed E-state index contributed by atoms with van der Waals surface area (Å²) in [5.41, 5.74) is 1.96. The highest BCUT2D eigenvalue weighted by molar-refractivity contribution is 7.99. The largest absolute Gasteiger partial charge is 0.484 e.